The zero-order valence-corrected chi connectivity index (χ0v) is 11.5. The molecule has 0 aliphatic heterocycles. The Labute approximate surface area is 122 Å². The van der Waals surface area contributed by atoms with Crippen molar-refractivity contribution in [2.45, 2.75) is 25.1 Å². The molecule has 0 aliphatic carbocycles. The number of nitrogen functional groups attached to an aromatic ring is 1. The number of aliphatic hydroxyl groups is 1. The molecule has 1 aromatic rings. The monoisotopic (exact) mass is 296 g/mol. The molecule has 0 aromatic heterocycles. The number of nitrogens with two attached hydrogens (primary N) is 2. The molecule has 1 unspecified atom stereocenters. The fourth-order valence-electron chi connectivity index (χ4n) is 1.76. The lowest BCUT2D eigenvalue weighted by molar-refractivity contribution is -0.140. The minimum Gasteiger partial charge on any atom is -0.480 e. The van der Waals surface area contributed by atoms with E-state index in [9.17, 15) is 14.7 Å². The lowest BCUT2D eigenvalue weighted by Crippen LogP contribution is -2.40. The van der Waals surface area contributed by atoms with Crippen molar-refractivity contribution in [2.75, 3.05) is 12.3 Å². The zero-order valence-electron chi connectivity index (χ0n) is 11.5. The van der Waals surface area contributed by atoms with Crippen molar-refractivity contribution in [1.82, 2.24) is 10.6 Å². The molecular weight excluding hydrogens is 276 g/mol. The van der Waals surface area contributed by atoms with Crippen LogP contribution in [-0.4, -0.2) is 34.8 Å². The van der Waals surface area contributed by atoms with Gasteiger partial charge >= 0.3 is 12.0 Å². The van der Waals surface area contributed by atoms with Gasteiger partial charge in [-0.15, -0.1) is 0 Å². The van der Waals surface area contributed by atoms with Gasteiger partial charge in [0.15, 0.2) is 0 Å². The Balaban J connectivity index is 2.51. The summed E-state index contributed by atoms with van der Waals surface area (Å²) in [6, 6.07) is 4.87. The standard InChI is InChI=1S/C13H20N4O4/c14-9-5-3-8(4-6-9)11(18)17-10(12(19)20)2-1-7-16-13(15)21/h3-6,10-11,17-18H,1-2,7,14H2,(H,19,20)(H3,15,16,21)/t10-,11?/m0/s1. The topological polar surface area (TPSA) is 151 Å². The number of primary amides is 1. The van der Waals surface area contributed by atoms with Crippen LogP contribution in [0, 0.1) is 0 Å². The van der Waals surface area contributed by atoms with Gasteiger partial charge in [0, 0.05) is 12.2 Å². The van der Waals surface area contributed by atoms with E-state index in [1.165, 1.54) is 0 Å². The maximum atomic E-state index is 11.1. The highest BCUT2D eigenvalue weighted by Crippen LogP contribution is 2.14. The van der Waals surface area contributed by atoms with Crippen LogP contribution in [-0.2, 0) is 4.79 Å². The molecule has 0 fully saturated rings. The van der Waals surface area contributed by atoms with Gasteiger partial charge in [0.1, 0.15) is 12.3 Å². The summed E-state index contributed by atoms with van der Waals surface area (Å²) in [5.41, 5.74) is 11.5. The van der Waals surface area contributed by atoms with E-state index in [1.54, 1.807) is 24.3 Å². The van der Waals surface area contributed by atoms with Crippen molar-refractivity contribution in [3.05, 3.63) is 29.8 Å². The first-order valence-electron chi connectivity index (χ1n) is 6.46. The Hall–Kier alpha value is -2.32. The van der Waals surface area contributed by atoms with Gasteiger partial charge in [0.25, 0.3) is 0 Å². The van der Waals surface area contributed by atoms with E-state index in [0.717, 1.165) is 0 Å². The molecule has 0 radical (unpaired) electrons. The Morgan fingerprint density at radius 1 is 1.24 bits per heavy atom. The third kappa shape index (κ3) is 6.11. The van der Waals surface area contributed by atoms with Gasteiger partial charge in [-0.25, -0.2) is 4.79 Å². The average molecular weight is 296 g/mol. The average Bonchev–Trinajstić information content (AvgIpc) is 2.42. The lowest BCUT2D eigenvalue weighted by atomic mass is 10.1. The first-order valence-corrected chi connectivity index (χ1v) is 6.46. The molecule has 0 aliphatic rings. The van der Waals surface area contributed by atoms with Crippen molar-refractivity contribution in [3.63, 3.8) is 0 Å². The van der Waals surface area contributed by atoms with E-state index in [4.69, 9.17) is 16.6 Å². The summed E-state index contributed by atoms with van der Waals surface area (Å²) in [6.45, 7) is 0.277. The number of carboxylic acids is 1. The number of aliphatic carboxylic acids is 1. The van der Waals surface area contributed by atoms with Crippen LogP contribution >= 0.6 is 0 Å². The number of benzene rings is 1. The van der Waals surface area contributed by atoms with Crippen molar-refractivity contribution < 1.29 is 19.8 Å². The van der Waals surface area contributed by atoms with E-state index in [-0.39, 0.29) is 13.0 Å². The van der Waals surface area contributed by atoms with Crippen LogP contribution in [0.5, 0.6) is 0 Å². The Morgan fingerprint density at radius 2 is 1.86 bits per heavy atom. The third-order valence-electron chi connectivity index (χ3n) is 2.88. The summed E-state index contributed by atoms with van der Waals surface area (Å²) in [6.07, 6.45) is -0.459. The van der Waals surface area contributed by atoms with Crippen LogP contribution in [0.2, 0.25) is 0 Å². The maximum Gasteiger partial charge on any atom is 0.320 e. The maximum absolute atomic E-state index is 11.1. The minimum absolute atomic E-state index is 0.238. The summed E-state index contributed by atoms with van der Waals surface area (Å²) >= 11 is 0. The second-order valence-electron chi connectivity index (χ2n) is 4.56. The molecule has 0 saturated carbocycles. The van der Waals surface area contributed by atoms with Gasteiger partial charge in [-0.1, -0.05) is 12.1 Å². The highest BCUT2D eigenvalue weighted by Gasteiger charge is 2.20. The highest BCUT2D eigenvalue weighted by molar-refractivity contribution is 5.73. The minimum atomic E-state index is -1.12. The highest BCUT2D eigenvalue weighted by atomic mass is 16.4. The van der Waals surface area contributed by atoms with Gasteiger partial charge in [-0.05, 0) is 30.5 Å². The first-order chi connectivity index (χ1) is 9.90. The number of urea groups is 1. The van der Waals surface area contributed by atoms with Gasteiger partial charge in [-0.2, -0.15) is 0 Å². The second-order valence-corrected chi connectivity index (χ2v) is 4.56. The van der Waals surface area contributed by atoms with Crippen LogP contribution in [0.25, 0.3) is 0 Å². The Bertz CT molecular complexity index is 478. The van der Waals surface area contributed by atoms with Crippen LogP contribution in [0.4, 0.5) is 10.5 Å². The normalized spacial score (nSPS) is 13.4. The van der Waals surface area contributed by atoms with Crippen LogP contribution in [0.3, 0.4) is 0 Å². The lowest BCUT2D eigenvalue weighted by Gasteiger charge is -2.19. The van der Waals surface area contributed by atoms with Crippen LogP contribution < -0.4 is 22.1 Å². The van der Waals surface area contributed by atoms with Crippen LogP contribution in [0.15, 0.2) is 24.3 Å². The van der Waals surface area contributed by atoms with Crippen molar-refractivity contribution in [1.29, 1.82) is 0 Å². The molecular formula is C13H20N4O4. The third-order valence-corrected chi connectivity index (χ3v) is 2.88. The molecule has 8 nitrogen and oxygen atoms in total. The molecule has 8 heteroatoms. The van der Waals surface area contributed by atoms with Crippen molar-refractivity contribution in [3.8, 4) is 0 Å². The number of carboxylic acid groups (broad SMARTS) is 1. The molecule has 8 N–H and O–H groups in total. The van der Waals surface area contributed by atoms with E-state index < -0.39 is 24.3 Å². The fourth-order valence-corrected chi connectivity index (χ4v) is 1.76. The predicted octanol–water partition coefficient (Wildman–Crippen LogP) is -0.249. The van der Waals surface area contributed by atoms with Gasteiger partial charge < -0.3 is 27.0 Å². The number of amides is 2. The summed E-state index contributed by atoms with van der Waals surface area (Å²) in [7, 11) is 0. The number of carbonyl (C=O) groups excluding carboxylic acids is 1. The molecule has 0 heterocycles. The van der Waals surface area contributed by atoms with Crippen molar-refractivity contribution >= 4 is 17.7 Å². The summed E-state index contributed by atoms with van der Waals surface area (Å²) < 4.78 is 0. The first kappa shape index (κ1) is 16.7. The number of nitrogens with one attached hydrogen (secondary N) is 2. The zero-order chi connectivity index (χ0) is 15.8. The summed E-state index contributed by atoms with van der Waals surface area (Å²) in [4.78, 5) is 21.6. The molecule has 1 aromatic carbocycles. The Kier molecular flexibility index (Phi) is 6.44. The molecule has 21 heavy (non-hydrogen) atoms. The molecule has 0 saturated heterocycles. The van der Waals surface area contributed by atoms with Gasteiger partial charge in [-0.3, -0.25) is 10.1 Å². The number of hydrogen-bond donors (Lipinski definition) is 6. The number of aliphatic hydroxyl groups excluding tert-OH is 1. The Morgan fingerprint density at radius 3 is 2.38 bits per heavy atom. The molecule has 116 valence electrons. The smallest absolute Gasteiger partial charge is 0.320 e. The number of rotatable bonds is 8. The summed E-state index contributed by atoms with van der Waals surface area (Å²) in [5, 5.41) is 24.1. The quantitative estimate of drug-likeness (QED) is 0.221. The van der Waals surface area contributed by atoms with E-state index >= 15 is 0 Å². The van der Waals surface area contributed by atoms with Crippen molar-refractivity contribution in [2.24, 2.45) is 5.73 Å². The fraction of sp³-hybridized carbons (Fsp3) is 0.385. The largest absolute Gasteiger partial charge is 0.480 e. The molecule has 0 spiro atoms. The predicted molar refractivity (Wildman–Crippen MR) is 77.2 cm³/mol. The van der Waals surface area contributed by atoms with E-state index in [2.05, 4.69) is 10.6 Å². The molecule has 2 amide bonds. The van der Waals surface area contributed by atoms with E-state index in [0.29, 0.717) is 17.7 Å². The molecule has 1 rings (SSSR count). The SMILES string of the molecule is NC(=O)NCCC[C@H](NC(O)c1ccc(N)cc1)C(=O)O. The van der Waals surface area contributed by atoms with E-state index in [1.807, 2.05) is 0 Å². The van der Waals surface area contributed by atoms with Gasteiger partial charge in [0.05, 0.1) is 0 Å². The van der Waals surface area contributed by atoms with Crippen LogP contribution in [0.1, 0.15) is 24.6 Å². The number of carbonyl (C=O) groups is 2. The number of anilines is 1. The number of hydrogen-bond acceptors (Lipinski definition) is 5. The summed E-state index contributed by atoms with van der Waals surface area (Å²) in [5.74, 6) is -1.08. The second kappa shape index (κ2) is 8.08. The molecule has 2 atom stereocenters. The van der Waals surface area contributed by atoms with Gasteiger partial charge in [0.2, 0.25) is 0 Å². The molecule has 0 bridgehead atoms.